The Hall–Kier alpha value is -2.26. The zero-order valence-electron chi connectivity index (χ0n) is 16.5. The lowest BCUT2D eigenvalue weighted by atomic mass is 10.1. The lowest BCUT2D eigenvalue weighted by Gasteiger charge is -2.34. The zero-order valence-corrected chi connectivity index (χ0v) is 17.3. The molecule has 3 rings (SSSR count). The maximum atomic E-state index is 13.2. The molecule has 1 saturated heterocycles. The molecule has 1 amide bonds. The first-order chi connectivity index (χ1) is 13.2. The van der Waals surface area contributed by atoms with Gasteiger partial charge in [-0.3, -0.25) is 14.5 Å². The predicted molar refractivity (Wildman–Crippen MR) is 108 cm³/mol. The van der Waals surface area contributed by atoms with Crippen LogP contribution in [0.3, 0.4) is 0 Å². The summed E-state index contributed by atoms with van der Waals surface area (Å²) in [5.41, 5.74) is 0.0845. The molecule has 0 spiro atoms. The third kappa shape index (κ3) is 4.41. The summed E-state index contributed by atoms with van der Waals surface area (Å²) in [7, 11) is -3.00. The van der Waals surface area contributed by atoms with E-state index >= 15 is 0 Å². The quantitative estimate of drug-likeness (QED) is 0.729. The highest BCUT2D eigenvalue weighted by Crippen LogP contribution is 2.17. The van der Waals surface area contributed by atoms with E-state index in [-0.39, 0.29) is 29.0 Å². The van der Waals surface area contributed by atoms with Crippen molar-refractivity contribution in [3.8, 4) is 0 Å². The van der Waals surface area contributed by atoms with E-state index < -0.39 is 9.84 Å². The van der Waals surface area contributed by atoms with Crippen molar-refractivity contribution >= 4 is 26.5 Å². The fourth-order valence-corrected chi connectivity index (χ4v) is 3.92. The summed E-state index contributed by atoms with van der Waals surface area (Å²) in [6.45, 7) is 6.42. The predicted octanol–water partition coefficient (Wildman–Crippen LogP) is 0.780. The average molecular weight is 407 g/mol. The van der Waals surface area contributed by atoms with Crippen LogP contribution < -0.4 is 5.56 Å². The van der Waals surface area contributed by atoms with Gasteiger partial charge in [0.15, 0.2) is 5.69 Å². The molecule has 0 aliphatic carbocycles. The monoisotopic (exact) mass is 406 g/mol. The second-order valence-electron chi connectivity index (χ2n) is 7.50. The Morgan fingerprint density at radius 1 is 1.11 bits per heavy atom. The van der Waals surface area contributed by atoms with Crippen molar-refractivity contribution in [1.29, 1.82) is 0 Å². The van der Waals surface area contributed by atoms with Crippen molar-refractivity contribution in [2.24, 2.45) is 0 Å². The van der Waals surface area contributed by atoms with Crippen LogP contribution in [-0.2, 0) is 9.84 Å². The molecule has 1 fully saturated rings. The van der Waals surface area contributed by atoms with Crippen LogP contribution in [0.25, 0.3) is 10.8 Å². The van der Waals surface area contributed by atoms with Gasteiger partial charge < -0.3 is 4.90 Å². The van der Waals surface area contributed by atoms with E-state index in [1.165, 1.54) is 10.9 Å². The molecule has 8 nitrogen and oxygen atoms in total. The maximum Gasteiger partial charge on any atom is 0.275 e. The zero-order chi connectivity index (χ0) is 20.5. The highest BCUT2D eigenvalue weighted by molar-refractivity contribution is 7.90. The van der Waals surface area contributed by atoms with E-state index in [1.54, 1.807) is 29.2 Å². The first-order valence-electron chi connectivity index (χ1n) is 9.38. The summed E-state index contributed by atoms with van der Waals surface area (Å²) in [6.07, 6.45) is 1.23. The number of hydrogen-bond donors (Lipinski definition) is 0. The Labute approximate surface area is 164 Å². The second kappa shape index (κ2) is 8.00. The second-order valence-corrected chi connectivity index (χ2v) is 9.76. The number of nitrogens with zero attached hydrogens (tertiary/aromatic N) is 4. The minimum atomic E-state index is -3.00. The minimum absolute atomic E-state index is 0.118. The molecule has 0 N–H and O–H groups in total. The Bertz CT molecular complexity index is 1040. The molecule has 1 aliphatic rings. The van der Waals surface area contributed by atoms with Gasteiger partial charge in [-0.15, -0.1) is 0 Å². The minimum Gasteiger partial charge on any atom is -0.335 e. The van der Waals surface area contributed by atoms with E-state index in [0.717, 1.165) is 0 Å². The molecule has 0 saturated carbocycles. The van der Waals surface area contributed by atoms with Crippen molar-refractivity contribution in [3.05, 3.63) is 40.3 Å². The molecule has 28 heavy (non-hydrogen) atoms. The van der Waals surface area contributed by atoms with E-state index in [2.05, 4.69) is 5.10 Å². The van der Waals surface area contributed by atoms with Gasteiger partial charge in [-0.05, 0) is 19.9 Å². The largest absolute Gasteiger partial charge is 0.335 e. The number of rotatable bonds is 5. The summed E-state index contributed by atoms with van der Waals surface area (Å²) >= 11 is 0. The fraction of sp³-hybridized carbons (Fsp3) is 0.526. The van der Waals surface area contributed by atoms with Crippen molar-refractivity contribution in [1.82, 2.24) is 19.6 Å². The summed E-state index contributed by atoms with van der Waals surface area (Å²) in [5, 5.41) is 5.43. The lowest BCUT2D eigenvalue weighted by Crippen LogP contribution is -2.50. The molecule has 2 heterocycles. The number of amides is 1. The molecule has 0 bridgehead atoms. The van der Waals surface area contributed by atoms with Gasteiger partial charge in [0.2, 0.25) is 0 Å². The molecule has 0 unspecified atom stereocenters. The third-order valence-corrected chi connectivity index (χ3v) is 5.88. The number of fused-ring (bicyclic) bond motifs is 1. The van der Waals surface area contributed by atoms with E-state index in [4.69, 9.17) is 0 Å². The summed E-state index contributed by atoms with van der Waals surface area (Å²) in [6, 6.07) is 6.89. The number of aromatic nitrogens is 2. The smallest absolute Gasteiger partial charge is 0.275 e. The molecule has 2 aromatic rings. The molecule has 0 radical (unpaired) electrons. The Balaban J connectivity index is 1.83. The SMILES string of the molecule is CC(C)n1nc(C(=O)N2CCN(CCS(C)(=O)=O)CC2)c2ccccc2c1=O. The number of piperazine rings is 1. The molecule has 1 aliphatic heterocycles. The normalized spacial score (nSPS) is 16.1. The summed E-state index contributed by atoms with van der Waals surface area (Å²) in [4.78, 5) is 29.6. The van der Waals surface area contributed by atoms with Gasteiger partial charge in [0.1, 0.15) is 9.84 Å². The number of carbonyl (C=O) groups excluding carboxylic acids is 1. The van der Waals surface area contributed by atoms with Gasteiger partial charge in [-0.2, -0.15) is 5.10 Å². The average Bonchev–Trinajstić information content (AvgIpc) is 2.66. The number of hydrogen-bond acceptors (Lipinski definition) is 6. The van der Waals surface area contributed by atoms with Crippen molar-refractivity contribution in [2.75, 3.05) is 44.7 Å². The Morgan fingerprint density at radius 3 is 2.29 bits per heavy atom. The van der Waals surface area contributed by atoms with Crippen LogP contribution in [0, 0.1) is 0 Å². The fourth-order valence-electron chi connectivity index (χ4n) is 3.33. The molecule has 152 valence electrons. The van der Waals surface area contributed by atoms with Gasteiger partial charge in [0, 0.05) is 44.4 Å². The van der Waals surface area contributed by atoms with Crippen LogP contribution in [0.1, 0.15) is 30.4 Å². The van der Waals surface area contributed by atoms with Gasteiger partial charge in [0.25, 0.3) is 11.5 Å². The molecule has 0 atom stereocenters. The summed E-state index contributed by atoms with van der Waals surface area (Å²) < 4.78 is 24.0. The number of sulfone groups is 1. The first-order valence-corrected chi connectivity index (χ1v) is 11.4. The van der Waals surface area contributed by atoms with E-state index in [0.29, 0.717) is 43.5 Å². The molecule has 9 heteroatoms. The van der Waals surface area contributed by atoms with Gasteiger partial charge in [0.05, 0.1) is 17.2 Å². The highest BCUT2D eigenvalue weighted by Gasteiger charge is 2.26. The third-order valence-electron chi connectivity index (χ3n) is 4.96. The van der Waals surface area contributed by atoms with Gasteiger partial charge in [-0.1, -0.05) is 18.2 Å². The van der Waals surface area contributed by atoms with Crippen LogP contribution >= 0.6 is 0 Å². The lowest BCUT2D eigenvalue weighted by molar-refractivity contribution is 0.0637. The van der Waals surface area contributed by atoms with Crippen LogP contribution in [0.5, 0.6) is 0 Å². The van der Waals surface area contributed by atoms with Crippen LogP contribution in [0.4, 0.5) is 0 Å². The Morgan fingerprint density at radius 2 is 1.71 bits per heavy atom. The van der Waals surface area contributed by atoms with Crippen LogP contribution in [0.15, 0.2) is 29.1 Å². The first kappa shape index (κ1) is 20.5. The standard InChI is InChI=1S/C19H26N4O4S/c1-14(2)23-18(24)16-7-5-4-6-15(16)17(20-23)19(25)22-10-8-21(9-11-22)12-13-28(3,26)27/h4-7,14H,8-13H2,1-3H3. The molecular formula is C19H26N4O4S. The van der Waals surface area contributed by atoms with Crippen LogP contribution in [0.2, 0.25) is 0 Å². The summed E-state index contributed by atoms with van der Waals surface area (Å²) in [5.74, 6) is -0.0830. The molecule has 1 aromatic heterocycles. The molecular weight excluding hydrogens is 380 g/mol. The van der Waals surface area contributed by atoms with Gasteiger partial charge >= 0.3 is 0 Å². The molecule has 1 aromatic carbocycles. The van der Waals surface area contributed by atoms with Crippen molar-refractivity contribution in [3.63, 3.8) is 0 Å². The van der Waals surface area contributed by atoms with Gasteiger partial charge in [-0.25, -0.2) is 13.1 Å². The maximum absolute atomic E-state index is 13.2. The Kier molecular flexibility index (Phi) is 5.85. The number of benzene rings is 1. The highest BCUT2D eigenvalue weighted by atomic mass is 32.2. The van der Waals surface area contributed by atoms with Crippen LogP contribution in [-0.4, -0.2) is 78.6 Å². The van der Waals surface area contributed by atoms with Crippen molar-refractivity contribution < 1.29 is 13.2 Å². The van der Waals surface area contributed by atoms with Crippen molar-refractivity contribution in [2.45, 2.75) is 19.9 Å². The van der Waals surface area contributed by atoms with E-state index in [9.17, 15) is 18.0 Å². The topological polar surface area (TPSA) is 92.6 Å². The van der Waals surface area contributed by atoms with E-state index in [1.807, 2.05) is 18.7 Å². The number of carbonyl (C=O) groups is 1.